The van der Waals surface area contributed by atoms with Crippen LogP contribution in [-0.2, 0) is 0 Å². The monoisotopic (exact) mass is 353 g/mol. The number of carbonyl (C=O) groups is 1. The Balaban J connectivity index is 2.17. The molecule has 104 valence electrons. The van der Waals surface area contributed by atoms with Crippen LogP contribution in [0.5, 0.6) is 0 Å². The summed E-state index contributed by atoms with van der Waals surface area (Å²) in [6.45, 7) is 1.81. The van der Waals surface area contributed by atoms with Crippen LogP contribution in [0.15, 0.2) is 51.8 Å². The molecule has 2 rings (SSSR count). The van der Waals surface area contributed by atoms with Gasteiger partial charge in [0.25, 0.3) is 5.91 Å². The number of halogens is 2. The van der Waals surface area contributed by atoms with E-state index in [1.54, 1.807) is 30.3 Å². The number of hydrogen-bond donors (Lipinski definition) is 2. The Hall–Kier alpha value is -1.33. The van der Waals surface area contributed by atoms with E-state index in [0.717, 1.165) is 5.56 Å². The van der Waals surface area contributed by atoms with Gasteiger partial charge in [0, 0.05) is 9.37 Å². The summed E-state index contributed by atoms with van der Waals surface area (Å²) >= 11 is 7.55. The smallest absolute Gasteiger partial charge is 0.252 e. The maximum absolute atomic E-state index is 13.2. The Bertz CT molecular complexity index is 648. The highest BCUT2D eigenvalue weighted by molar-refractivity contribution is 9.10. The third-order valence-electron chi connectivity index (χ3n) is 2.89. The molecular weight excluding hydrogens is 341 g/mol. The molecule has 0 aromatic heterocycles. The molecule has 0 fully saturated rings. The van der Waals surface area contributed by atoms with Gasteiger partial charge in [0.15, 0.2) is 0 Å². The van der Waals surface area contributed by atoms with Crippen molar-refractivity contribution in [3.8, 4) is 0 Å². The molecule has 5 heteroatoms. The minimum absolute atomic E-state index is 0.232. The zero-order valence-corrected chi connectivity index (χ0v) is 13.2. The predicted molar refractivity (Wildman–Crippen MR) is 83.7 cm³/mol. The molecule has 0 heterocycles. The molecule has 2 aromatic carbocycles. The summed E-state index contributed by atoms with van der Waals surface area (Å²) in [7, 11) is 0. The zero-order chi connectivity index (χ0) is 14.7. The topological polar surface area (TPSA) is 29.1 Å². The van der Waals surface area contributed by atoms with E-state index >= 15 is 0 Å². The van der Waals surface area contributed by atoms with Crippen molar-refractivity contribution in [2.45, 2.75) is 17.9 Å². The quantitative estimate of drug-likeness (QED) is 0.788. The average Bonchev–Trinajstić information content (AvgIpc) is 2.41. The van der Waals surface area contributed by atoms with Crippen molar-refractivity contribution in [3.05, 3.63) is 63.9 Å². The van der Waals surface area contributed by atoms with Gasteiger partial charge in [-0.2, -0.15) is 0 Å². The third-order valence-corrected chi connectivity index (χ3v) is 3.86. The van der Waals surface area contributed by atoms with Crippen LogP contribution in [0.1, 0.15) is 28.9 Å². The Morgan fingerprint density at radius 1 is 1.30 bits per heavy atom. The summed E-state index contributed by atoms with van der Waals surface area (Å²) in [4.78, 5) is 12.9. The maximum atomic E-state index is 13.2. The van der Waals surface area contributed by atoms with E-state index in [1.807, 2.05) is 6.92 Å². The number of rotatable bonds is 3. The lowest BCUT2D eigenvalue weighted by Crippen LogP contribution is -2.27. The fraction of sp³-hybridized carbons (Fsp3) is 0.133. The Morgan fingerprint density at radius 2 is 2.05 bits per heavy atom. The second kappa shape index (κ2) is 6.41. The molecule has 1 amide bonds. The number of benzene rings is 2. The molecule has 0 saturated heterocycles. The molecule has 20 heavy (non-hydrogen) atoms. The SMILES string of the molecule is CC(NC(=O)c1cc(S)ccc1Br)c1cccc(F)c1. The van der Waals surface area contributed by atoms with E-state index in [9.17, 15) is 9.18 Å². The largest absolute Gasteiger partial charge is 0.345 e. The normalized spacial score (nSPS) is 12.0. The summed E-state index contributed by atoms with van der Waals surface area (Å²) in [5.74, 6) is -0.549. The summed E-state index contributed by atoms with van der Waals surface area (Å²) in [5, 5.41) is 2.84. The molecule has 2 aromatic rings. The standard InChI is InChI=1S/C15H13BrFNOS/c1-9(10-3-2-4-11(17)7-10)18-15(19)13-8-12(20)5-6-14(13)16/h2-9,20H,1H3,(H,18,19). The lowest BCUT2D eigenvalue weighted by molar-refractivity contribution is 0.0939. The van der Waals surface area contributed by atoms with Crippen LogP contribution in [0.2, 0.25) is 0 Å². The summed E-state index contributed by atoms with van der Waals surface area (Å²) in [5.41, 5.74) is 1.22. The number of hydrogen-bond acceptors (Lipinski definition) is 2. The molecule has 0 aliphatic heterocycles. The molecule has 1 N–H and O–H groups in total. The third kappa shape index (κ3) is 3.61. The van der Waals surface area contributed by atoms with E-state index in [1.165, 1.54) is 12.1 Å². The van der Waals surface area contributed by atoms with E-state index in [0.29, 0.717) is 14.9 Å². The van der Waals surface area contributed by atoms with Crippen LogP contribution in [0.4, 0.5) is 4.39 Å². The summed E-state index contributed by atoms with van der Waals surface area (Å²) < 4.78 is 13.9. The summed E-state index contributed by atoms with van der Waals surface area (Å²) in [6.07, 6.45) is 0. The Kier molecular flexibility index (Phi) is 4.83. The highest BCUT2D eigenvalue weighted by Gasteiger charge is 2.14. The highest BCUT2D eigenvalue weighted by Crippen LogP contribution is 2.21. The first-order valence-corrected chi connectivity index (χ1v) is 7.26. The number of nitrogens with one attached hydrogen (secondary N) is 1. The Labute approximate surface area is 130 Å². The Morgan fingerprint density at radius 3 is 2.75 bits per heavy atom. The van der Waals surface area contributed by atoms with Crippen molar-refractivity contribution in [1.29, 1.82) is 0 Å². The lowest BCUT2D eigenvalue weighted by Gasteiger charge is -2.15. The average molecular weight is 354 g/mol. The van der Waals surface area contributed by atoms with E-state index in [2.05, 4.69) is 33.9 Å². The molecule has 0 bridgehead atoms. The number of thiol groups is 1. The van der Waals surface area contributed by atoms with E-state index in [-0.39, 0.29) is 17.8 Å². The van der Waals surface area contributed by atoms with Gasteiger partial charge in [0.05, 0.1) is 11.6 Å². The first-order chi connectivity index (χ1) is 9.47. The fourth-order valence-electron chi connectivity index (χ4n) is 1.82. The van der Waals surface area contributed by atoms with Gasteiger partial charge in [0.1, 0.15) is 5.82 Å². The van der Waals surface area contributed by atoms with Crippen molar-refractivity contribution >= 4 is 34.5 Å². The zero-order valence-electron chi connectivity index (χ0n) is 10.7. The second-order valence-electron chi connectivity index (χ2n) is 4.41. The van der Waals surface area contributed by atoms with Gasteiger partial charge >= 0.3 is 0 Å². The maximum Gasteiger partial charge on any atom is 0.252 e. The van der Waals surface area contributed by atoms with Crippen molar-refractivity contribution in [2.75, 3.05) is 0 Å². The van der Waals surface area contributed by atoms with Crippen molar-refractivity contribution in [1.82, 2.24) is 5.32 Å². The van der Waals surface area contributed by atoms with Gasteiger partial charge in [-0.3, -0.25) is 4.79 Å². The molecule has 2 nitrogen and oxygen atoms in total. The molecule has 0 spiro atoms. The number of amides is 1. The van der Waals surface area contributed by atoms with Gasteiger partial charge in [-0.05, 0) is 58.7 Å². The van der Waals surface area contributed by atoms with Crippen molar-refractivity contribution in [2.24, 2.45) is 0 Å². The van der Waals surface area contributed by atoms with E-state index < -0.39 is 0 Å². The minimum atomic E-state index is -0.317. The molecule has 1 atom stereocenters. The lowest BCUT2D eigenvalue weighted by atomic mass is 10.1. The van der Waals surface area contributed by atoms with Crippen LogP contribution in [0.3, 0.4) is 0 Å². The van der Waals surface area contributed by atoms with Gasteiger partial charge in [-0.25, -0.2) is 4.39 Å². The van der Waals surface area contributed by atoms with Gasteiger partial charge in [0.2, 0.25) is 0 Å². The molecule has 0 saturated carbocycles. The minimum Gasteiger partial charge on any atom is -0.345 e. The number of carbonyl (C=O) groups excluding carboxylic acids is 1. The highest BCUT2D eigenvalue weighted by atomic mass is 79.9. The first kappa shape index (κ1) is 15.1. The van der Waals surface area contributed by atoms with E-state index in [4.69, 9.17) is 0 Å². The molecule has 0 aliphatic carbocycles. The molecule has 0 radical (unpaired) electrons. The van der Waals surface area contributed by atoms with Crippen LogP contribution in [0.25, 0.3) is 0 Å². The predicted octanol–water partition coefficient (Wildman–Crippen LogP) is 4.37. The second-order valence-corrected chi connectivity index (χ2v) is 5.79. The van der Waals surface area contributed by atoms with Crippen molar-refractivity contribution in [3.63, 3.8) is 0 Å². The van der Waals surface area contributed by atoms with Crippen LogP contribution >= 0.6 is 28.6 Å². The summed E-state index contributed by atoms with van der Waals surface area (Å²) in [6, 6.07) is 11.1. The molecule has 1 unspecified atom stereocenters. The van der Waals surface area contributed by atoms with Gasteiger partial charge < -0.3 is 5.32 Å². The van der Waals surface area contributed by atoms with Crippen molar-refractivity contribution < 1.29 is 9.18 Å². The van der Waals surface area contributed by atoms with Crippen LogP contribution < -0.4 is 5.32 Å². The van der Waals surface area contributed by atoms with Crippen LogP contribution in [-0.4, -0.2) is 5.91 Å². The molecular formula is C15H13BrFNOS. The molecule has 0 aliphatic rings. The fourth-order valence-corrected chi connectivity index (χ4v) is 2.45. The van der Waals surface area contributed by atoms with Crippen LogP contribution in [0, 0.1) is 5.82 Å². The van der Waals surface area contributed by atoms with Gasteiger partial charge in [-0.1, -0.05) is 12.1 Å². The van der Waals surface area contributed by atoms with Gasteiger partial charge in [-0.15, -0.1) is 12.6 Å². The first-order valence-electron chi connectivity index (χ1n) is 6.02.